The van der Waals surface area contributed by atoms with Crippen molar-refractivity contribution in [3.8, 4) is 0 Å². The van der Waals surface area contributed by atoms with E-state index in [0.717, 1.165) is 18.6 Å². The van der Waals surface area contributed by atoms with Crippen LogP contribution in [0.1, 0.15) is 38.5 Å². The Labute approximate surface area is 105 Å². The van der Waals surface area contributed by atoms with Crippen LogP contribution < -0.4 is 5.32 Å². The first kappa shape index (κ1) is 11.9. The van der Waals surface area contributed by atoms with Gasteiger partial charge >= 0.3 is 0 Å². The molecule has 3 aliphatic rings. The summed E-state index contributed by atoms with van der Waals surface area (Å²) in [4.78, 5) is 2.65. The van der Waals surface area contributed by atoms with Gasteiger partial charge in [-0.15, -0.1) is 0 Å². The minimum absolute atomic E-state index is 0.554. The molecular formula is C14H26N2O. The summed E-state index contributed by atoms with van der Waals surface area (Å²) < 4.78 is 5.81. The molecule has 2 atom stereocenters. The van der Waals surface area contributed by atoms with Gasteiger partial charge in [-0.2, -0.15) is 0 Å². The Balaban J connectivity index is 1.38. The monoisotopic (exact) mass is 238 g/mol. The number of rotatable bonds is 4. The van der Waals surface area contributed by atoms with Crippen molar-refractivity contribution in [2.24, 2.45) is 5.92 Å². The van der Waals surface area contributed by atoms with Gasteiger partial charge in [-0.3, -0.25) is 0 Å². The Bertz CT molecular complexity index is 236. The highest BCUT2D eigenvalue weighted by Gasteiger charge is 2.33. The Morgan fingerprint density at radius 1 is 1.18 bits per heavy atom. The van der Waals surface area contributed by atoms with Crippen LogP contribution in [0.4, 0.5) is 0 Å². The van der Waals surface area contributed by atoms with Gasteiger partial charge in [-0.05, 0) is 44.4 Å². The van der Waals surface area contributed by atoms with Crippen LogP contribution in [0.25, 0.3) is 0 Å². The van der Waals surface area contributed by atoms with Gasteiger partial charge in [0, 0.05) is 38.8 Å². The van der Waals surface area contributed by atoms with Crippen LogP contribution in [0.15, 0.2) is 0 Å². The van der Waals surface area contributed by atoms with Gasteiger partial charge in [0.2, 0.25) is 0 Å². The van der Waals surface area contributed by atoms with Gasteiger partial charge in [-0.25, -0.2) is 0 Å². The van der Waals surface area contributed by atoms with Crippen LogP contribution >= 0.6 is 0 Å². The highest BCUT2D eigenvalue weighted by molar-refractivity contribution is 4.91. The Kier molecular flexibility index (Phi) is 3.99. The molecule has 3 nitrogen and oxygen atoms in total. The average Bonchev–Trinajstić information content (AvgIpc) is 3.22. The number of ether oxygens (including phenoxy) is 1. The second kappa shape index (κ2) is 5.68. The molecule has 2 heterocycles. The van der Waals surface area contributed by atoms with Crippen molar-refractivity contribution in [2.45, 2.75) is 50.7 Å². The van der Waals surface area contributed by atoms with Crippen LogP contribution in [-0.4, -0.2) is 49.8 Å². The zero-order chi connectivity index (χ0) is 11.5. The summed E-state index contributed by atoms with van der Waals surface area (Å²) in [6, 6.07) is 0.788. The van der Waals surface area contributed by atoms with Crippen LogP contribution in [0, 0.1) is 5.92 Å². The van der Waals surface area contributed by atoms with E-state index in [4.69, 9.17) is 4.74 Å². The fourth-order valence-electron chi connectivity index (χ4n) is 3.22. The molecule has 0 aromatic heterocycles. The lowest BCUT2D eigenvalue weighted by Gasteiger charge is -2.35. The van der Waals surface area contributed by atoms with Crippen molar-refractivity contribution in [3.05, 3.63) is 0 Å². The molecule has 1 saturated carbocycles. The lowest BCUT2D eigenvalue weighted by atomic mass is 10.1. The van der Waals surface area contributed by atoms with E-state index in [1.54, 1.807) is 0 Å². The summed E-state index contributed by atoms with van der Waals surface area (Å²) in [5.74, 6) is 0.990. The van der Waals surface area contributed by atoms with Crippen molar-refractivity contribution in [2.75, 3.05) is 32.8 Å². The maximum atomic E-state index is 5.81. The summed E-state index contributed by atoms with van der Waals surface area (Å²) in [7, 11) is 0. The average molecular weight is 238 g/mol. The van der Waals surface area contributed by atoms with Crippen molar-refractivity contribution in [1.29, 1.82) is 0 Å². The van der Waals surface area contributed by atoms with E-state index >= 15 is 0 Å². The van der Waals surface area contributed by atoms with Gasteiger partial charge < -0.3 is 15.0 Å². The van der Waals surface area contributed by atoms with Crippen molar-refractivity contribution in [3.63, 3.8) is 0 Å². The molecule has 2 unspecified atom stereocenters. The fourth-order valence-corrected chi connectivity index (χ4v) is 3.22. The highest BCUT2D eigenvalue weighted by Crippen LogP contribution is 2.33. The molecule has 1 aliphatic carbocycles. The molecule has 98 valence electrons. The first-order chi connectivity index (χ1) is 8.42. The van der Waals surface area contributed by atoms with Crippen LogP contribution in [-0.2, 0) is 4.74 Å². The largest absolute Gasteiger partial charge is 0.378 e. The zero-order valence-corrected chi connectivity index (χ0v) is 10.9. The molecule has 0 bridgehead atoms. The summed E-state index contributed by atoms with van der Waals surface area (Å²) >= 11 is 0. The molecule has 17 heavy (non-hydrogen) atoms. The first-order valence-electron chi connectivity index (χ1n) is 7.49. The number of hydrogen-bond acceptors (Lipinski definition) is 3. The normalized spacial score (nSPS) is 36.0. The van der Waals surface area contributed by atoms with Crippen LogP contribution in [0.2, 0.25) is 0 Å². The molecule has 1 N–H and O–H groups in total. The summed E-state index contributed by atoms with van der Waals surface area (Å²) in [5.41, 5.74) is 0. The number of nitrogens with zero attached hydrogens (tertiary/aromatic N) is 1. The molecule has 0 amide bonds. The Hall–Kier alpha value is -0.120. The maximum Gasteiger partial charge on any atom is 0.0587 e. The number of hydrogen-bond donors (Lipinski definition) is 1. The SMILES string of the molecule is C1CCC(CCN2CCNC(C3CC3)C2)OC1. The van der Waals surface area contributed by atoms with Crippen LogP contribution in [0.5, 0.6) is 0 Å². The third kappa shape index (κ3) is 3.43. The van der Waals surface area contributed by atoms with E-state index < -0.39 is 0 Å². The molecule has 3 heteroatoms. The molecule has 3 fully saturated rings. The topological polar surface area (TPSA) is 24.5 Å². The summed E-state index contributed by atoms with van der Waals surface area (Å²) in [5, 5.41) is 3.68. The van der Waals surface area contributed by atoms with Crippen LogP contribution in [0.3, 0.4) is 0 Å². The minimum atomic E-state index is 0.554. The van der Waals surface area contributed by atoms with E-state index in [-0.39, 0.29) is 0 Å². The molecular weight excluding hydrogens is 212 g/mol. The van der Waals surface area contributed by atoms with Gasteiger partial charge in [-0.1, -0.05) is 0 Å². The Morgan fingerprint density at radius 2 is 2.12 bits per heavy atom. The summed E-state index contributed by atoms with van der Waals surface area (Å²) in [6.07, 6.45) is 8.65. The quantitative estimate of drug-likeness (QED) is 0.805. The van der Waals surface area contributed by atoms with E-state index in [1.165, 1.54) is 64.7 Å². The van der Waals surface area contributed by atoms with E-state index in [0.29, 0.717) is 6.10 Å². The minimum Gasteiger partial charge on any atom is -0.378 e. The van der Waals surface area contributed by atoms with Gasteiger partial charge in [0.25, 0.3) is 0 Å². The highest BCUT2D eigenvalue weighted by atomic mass is 16.5. The van der Waals surface area contributed by atoms with E-state index in [2.05, 4.69) is 10.2 Å². The molecule has 0 radical (unpaired) electrons. The standard InChI is InChI=1S/C14H26N2O/c1-2-10-17-13(3-1)6-8-16-9-7-15-14(11-16)12-4-5-12/h12-15H,1-11H2. The maximum absolute atomic E-state index is 5.81. The Morgan fingerprint density at radius 3 is 2.88 bits per heavy atom. The molecule has 0 spiro atoms. The summed E-state index contributed by atoms with van der Waals surface area (Å²) in [6.45, 7) is 5.94. The second-order valence-corrected chi connectivity index (χ2v) is 5.98. The molecule has 0 aromatic carbocycles. The van der Waals surface area contributed by atoms with Crippen molar-refractivity contribution < 1.29 is 4.74 Å². The molecule has 2 saturated heterocycles. The third-order valence-corrected chi connectivity index (χ3v) is 4.52. The first-order valence-corrected chi connectivity index (χ1v) is 7.49. The lowest BCUT2D eigenvalue weighted by molar-refractivity contribution is 0.00380. The van der Waals surface area contributed by atoms with E-state index in [9.17, 15) is 0 Å². The predicted octanol–water partition coefficient (Wildman–Crippen LogP) is 1.63. The second-order valence-electron chi connectivity index (χ2n) is 5.98. The van der Waals surface area contributed by atoms with E-state index in [1.807, 2.05) is 0 Å². The molecule has 2 aliphatic heterocycles. The third-order valence-electron chi connectivity index (χ3n) is 4.52. The van der Waals surface area contributed by atoms with Crippen molar-refractivity contribution in [1.82, 2.24) is 10.2 Å². The molecule has 0 aromatic rings. The number of piperazine rings is 1. The predicted molar refractivity (Wildman–Crippen MR) is 69.2 cm³/mol. The van der Waals surface area contributed by atoms with Gasteiger partial charge in [0.1, 0.15) is 0 Å². The zero-order valence-electron chi connectivity index (χ0n) is 10.9. The van der Waals surface area contributed by atoms with Gasteiger partial charge in [0.05, 0.1) is 6.10 Å². The molecule has 3 rings (SSSR count). The smallest absolute Gasteiger partial charge is 0.0587 e. The van der Waals surface area contributed by atoms with Gasteiger partial charge in [0.15, 0.2) is 0 Å². The van der Waals surface area contributed by atoms with Crippen molar-refractivity contribution >= 4 is 0 Å². The fraction of sp³-hybridized carbons (Fsp3) is 1.00. The number of nitrogens with one attached hydrogen (secondary N) is 1. The lowest BCUT2D eigenvalue weighted by Crippen LogP contribution is -2.52.